The summed E-state index contributed by atoms with van der Waals surface area (Å²) < 4.78 is 4.80. The summed E-state index contributed by atoms with van der Waals surface area (Å²) in [5, 5.41) is 12.2. The van der Waals surface area contributed by atoms with E-state index in [4.69, 9.17) is 4.74 Å². The highest BCUT2D eigenvalue weighted by molar-refractivity contribution is 5.94. The molecule has 0 heterocycles. The first kappa shape index (κ1) is 16.5. The molecule has 1 aromatic carbocycles. The number of nitrogens with zero attached hydrogens (tertiary/aromatic N) is 1. The molecular formula is C15H24N2O3. The summed E-state index contributed by atoms with van der Waals surface area (Å²) in [5.74, 6) is -0.189. The number of hydrogen-bond donors (Lipinski definition) is 2. The predicted molar refractivity (Wildman–Crippen MR) is 80.2 cm³/mol. The van der Waals surface area contributed by atoms with Crippen LogP contribution in [-0.2, 0) is 4.74 Å². The number of anilines is 1. The van der Waals surface area contributed by atoms with Crippen LogP contribution in [0.4, 0.5) is 5.69 Å². The van der Waals surface area contributed by atoms with Crippen molar-refractivity contribution < 1.29 is 14.6 Å². The van der Waals surface area contributed by atoms with Crippen LogP contribution in [0.15, 0.2) is 24.3 Å². The van der Waals surface area contributed by atoms with Gasteiger partial charge in [-0.2, -0.15) is 0 Å². The number of aliphatic hydroxyl groups is 1. The lowest BCUT2D eigenvalue weighted by Gasteiger charge is -2.21. The molecule has 0 spiro atoms. The summed E-state index contributed by atoms with van der Waals surface area (Å²) in [4.78, 5) is 14.1. The monoisotopic (exact) mass is 280 g/mol. The second-order valence-corrected chi connectivity index (χ2v) is 4.54. The molecule has 0 fully saturated rings. The molecule has 2 N–H and O–H groups in total. The lowest BCUT2D eigenvalue weighted by Crippen LogP contribution is -2.34. The topological polar surface area (TPSA) is 61.8 Å². The van der Waals surface area contributed by atoms with Gasteiger partial charge >= 0.3 is 0 Å². The number of hydrogen-bond acceptors (Lipinski definition) is 4. The Morgan fingerprint density at radius 3 is 2.40 bits per heavy atom. The van der Waals surface area contributed by atoms with Crippen LogP contribution in [0.25, 0.3) is 0 Å². The second kappa shape index (κ2) is 8.55. The van der Waals surface area contributed by atoms with Crippen LogP contribution in [0.1, 0.15) is 24.2 Å². The number of rotatable bonds is 8. The van der Waals surface area contributed by atoms with Gasteiger partial charge in [0.2, 0.25) is 0 Å². The summed E-state index contributed by atoms with van der Waals surface area (Å²) in [5.41, 5.74) is 1.69. The molecule has 1 unspecified atom stereocenters. The molecule has 0 radical (unpaired) electrons. The third-order valence-corrected chi connectivity index (χ3v) is 3.12. The van der Waals surface area contributed by atoms with Gasteiger partial charge in [0.15, 0.2) is 0 Å². The number of amides is 1. The van der Waals surface area contributed by atoms with E-state index < -0.39 is 6.10 Å². The highest BCUT2D eigenvalue weighted by Gasteiger charge is 2.09. The van der Waals surface area contributed by atoms with Gasteiger partial charge in [-0.25, -0.2) is 0 Å². The van der Waals surface area contributed by atoms with Crippen molar-refractivity contribution in [2.24, 2.45) is 0 Å². The summed E-state index contributed by atoms with van der Waals surface area (Å²) in [6.07, 6.45) is -0.682. The zero-order chi connectivity index (χ0) is 15.0. The Kier molecular flexibility index (Phi) is 7.04. The fourth-order valence-corrected chi connectivity index (χ4v) is 1.98. The average Bonchev–Trinajstić information content (AvgIpc) is 2.47. The van der Waals surface area contributed by atoms with Crippen LogP contribution in [0.3, 0.4) is 0 Å². The molecule has 0 aromatic heterocycles. The third kappa shape index (κ3) is 4.83. The van der Waals surface area contributed by atoms with Crippen molar-refractivity contribution in [3.05, 3.63) is 29.8 Å². The Balaban J connectivity index is 2.57. The zero-order valence-electron chi connectivity index (χ0n) is 12.4. The van der Waals surface area contributed by atoms with E-state index in [1.165, 1.54) is 7.11 Å². The Morgan fingerprint density at radius 1 is 1.30 bits per heavy atom. The van der Waals surface area contributed by atoms with E-state index in [9.17, 15) is 9.90 Å². The molecule has 20 heavy (non-hydrogen) atoms. The summed E-state index contributed by atoms with van der Waals surface area (Å²) in [7, 11) is 1.51. The van der Waals surface area contributed by atoms with Crippen molar-refractivity contribution in [1.29, 1.82) is 0 Å². The van der Waals surface area contributed by atoms with Crippen LogP contribution in [0.2, 0.25) is 0 Å². The molecule has 0 saturated carbocycles. The maximum Gasteiger partial charge on any atom is 0.251 e. The van der Waals surface area contributed by atoms with Crippen LogP contribution < -0.4 is 10.2 Å². The number of benzene rings is 1. The molecule has 5 nitrogen and oxygen atoms in total. The van der Waals surface area contributed by atoms with Gasteiger partial charge in [-0.05, 0) is 38.1 Å². The molecule has 5 heteroatoms. The standard InChI is InChI=1S/C15H24N2O3/c1-4-17(5-2)13-8-6-12(7-9-13)15(19)16-10-14(18)11-20-3/h6-9,14,18H,4-5,10-11H2,1-3H3,(H,16,19). The van der Waals surface area contributed by atoms with E-state index in [0.29, 0.717) is 5.56 Å². The molecule has 1 atom stereocenters. The fourth-order valence-electron chi connectivity index (χ4n) is 1.98. The highest BCUT2D eigenvalue weighted by Crippen LogP contribution is 2.14. The first-order chi connectivity index (χ1) is 9.62. The fraction of sp³-hybridized carbons (Fsp3) is 0.533. The number of nitrogens with one attached hydrogen (secondary N) is 1. The number of carbonyl (C=O) groups is 1. The van der Waals surface area contributed by atoms with E-state index in [1.807, 2.05) is 12.1 Å². The van der Waals surface area contributed by atoms with Crippen molar-refractivity contribution in [2.45, 2.75) is 20.0 Å². The second-order valence-electron chi connectivity index (χ2n) is 4.54. The Morgan fingerprint density at radius 2 is 1.90 bits per heavy atom. The van der Waals surface area contributed by atoms with Gasteiger partial charge in [0.1, 0.15) is 0 Å². The van der Waals surface area contributed by atoms with E-state index in [0.717, 1.165) is 18.8 Å². The van der Waals surface area contributed by atoms with Crippen LogP contribution in [-0.4, -0.2) is 50.5 Å². The molecule has 112 valence electrons. The SMILES string of the molecule is CCN(CC)c1ccc(C(=O)NCC(O)COC)cc1. The highest BCUT2D eigenvalue weighted by atomic mass is 16.5. The number of carbonyl (C=O) groups excluding carboxylic acids is 1. The van der Waals surface area contributed by atoms with Gasteiger partial charge in [0, 0.05) is 38.0 Å². The van der Waals surface area contributed by atoms with E-state index in [-0.39, 0.29) is 19.1 Å². The van der Waals surface area contributed by atoms with E-state index in [1.54, 1.807) is 12.1 Å². The molecule has 1 aromatic rings. The van der Waals surface area contributed by atoms with Gasteiger partial charge in [0.05, 0.1) is 12.7 Å². The van der Waals surface area contributed by atoms with Crippen molar-refractivity contribution in [3.8, 4) is 0 Å². The lowest BCUT2D eigenvalue weighted by atomic mass is 10.1. The molecule has 0 saturated heterocycles. The predicted octanol–water partition coefficient (Wildman–Crippen LogP) is 1.27. The molecule has 1 rings (SSSR count). The van der Waals surface area contributed by atoms with E-state index in [2.05, 4.69) is 24.1 Å². The average molecular weight is 280 g/mol. The largest absolute Gasteiger partial charge is 0.389 e. The maximum absolute atomic E-state index is 11.9. The number of aliphatic hydroxyl groups excluding tert-OH is 1. The van der Waals surface area contributed by atoms with Crippen LogP contribution >= 0.6 is 0 Å². The molecule has 1 amide bonds. The normalized spacial score (nSPS) is 12.0. The molecule has 0 bridgehead atoms. The molecule has 0 aliphatic heterocycles. The summed E-state index contributed by atoms with van der Waals surface area (Å²) in [6, 6.07) is 7.47. The minimum atomic E-state index is -0.682. The first-order valence-corrected chi connectivity index (χ1v) is 6.92. The minimum absolute atomic E-state index is 0.185. The van der Waals surface area contributed by atoms with Gasteiger partial charge < -0.3 is 20.1 Å². The minimum Gasteiger partial charge on any atom is -0.389 e. The van der Waals surface area contributed by atoms with Gasteiger partial charge in [0.25, 0.3) is 5.91 Å². The smallest absolute Gasteiger partial charge is 0.251 e. The number of methoxy groups -OCH3 is 1. The van der Waals surface area contributed by atoms with Crippen molar-refractivity contribution in [1.82, 2.24) is 5.32 Å². The summed E-state index contributed by atoms with van der Waals surface area (Å²) in [6.45, 7) is 6.46. The van der Waals surface area contributed by atoms with Gasteiger partial charge in [-0.1, -0.05) is 0 Å². The Hall–Kier alpha value is -1.59. The lowest BCUT2D eigenvalue weighted by molar-refractivity contribution is 0.0610. The molecular weight excluding hydrogens is 256 g/mol. The quantitative estimate of drug-likeness (QED) is 0.753. The van der Waals surface area contributed by atoms with Crippen molar-refractivity contribution in [3.63, 3.8) is 0 Å². The third-order valence-electron chi connectivity index (χ3n) is 3.12. The number of ether oxygens (including phenoxy) is 1. The van der Waals surface area contributed by atoms with Gasteiger partial charge in [-0.3, -0.25) is 4.79 Å². The Labute approximate surface area is 120 Å². The maximum atomic E-state index is 11.9. The van der Waals surface area contributed by atoms with Gasteiger partial charge in [-0.15, -0.1) is 0 Å². The Bertz CT molecular complexity index is 402. The van der Waals surface area contributed by atoms with Crippen molar-refractivity contribution in [2.75, 3.05) is 38.3 Å². The summed E-state index contributed by atoms with van der Waals surface area (Å²) >= 11 is 0. The first-order valence-electron chi connectivity index (χ1n) is 6.92. The zero-order valence-corrected chi connectivity index (χ0v) is 12.4. The molecule has 0 aliphatic rings. The van der Waals surface area contributed by atoms with E-state index >= 15 is 0 Å². The van der Waals surface area contributed by atoms with Crippen molar-refractivity contribution >= 4 is 11.6 Å². The molecule has 0 aliphatic carbocycles. The van der Waals surface area contributed by atoms with Crippen LogP contribution in [0, 0.1) is 0 Å². The van der Waals surface area contributed by atoms with Crippen LogP contribution in [0.5, 0.6) is 0 Å².